The number of carbonyl (C=O) groups is 1. The quantitative estimate of drug-likeness (QED) is 0.883. The third-order valence-corrected chi connectivity index (χ3v) is 4.77. The number of carbonyl (C=O) groups excluding carboxylic acids is 1. The highest BCUT2D eigenvalue weighted by molar-refractivity contribution is 6.04. The fourth-order valence-electron chi connectivity index (χ4n) is 3.56. The van der Waals surface area contributed by atoms with Crippen LogP contribution in [0.15, 0.2) is 41.6 Å². The topological polar surface area (TPSA) is 61.8 Å². The maximum absolute atomic E-state index is 12.0. The molecule has 0 aromatic heterocycles. The van der Waals surface area contributed by atoms with Gasteiger partial charge in [-0.05, 0) is 34.9 Å². The van der Waals surface area contributed by atoms with Gasteiger partial charge in [0.1, 0.15) is 0 Å². The molecule has 0 saturated heterocycles. The Labute approximate surface area is 134 Å². The summed E-state index contributed by atoms with van der Waals surface area (Å²) >= 11 is 0. The smallest absolute Gasteiger partial charge is 0.257 e. The van der Waals surface area contributed by atoms with Crippen LogP contribution < -0.4 is 5.32 Å². The molecule has 0 radical (unpaired) electrons. The van der Waals surface area contributed by atoms with E-state index in [0.29, 0.717) is 5.56 Å². The molecule has 1 N–H and O–H groups in total. The van der Waals surface area contributed by atoms with E-state index in [2.05, 4.69) is 34.5 Å². The zero-order valence-corrected chi connectivity index (χ0v) is 12.9. The Bertz CT molecular complexity index is 802. The van der Waals surface area contributed by atoms with E-state index in [-0.39, 0.29) is 5.91 Å². The lowest BCUT2D eigenvalue weighted by Gasteiger charge is -2.13. The third-order valence-electron chi connectivity index (χ3n) is 4.77. The molecule has 0 spiro atoms. The van der Waals surface area contributed by atoms with Crippen LogP contribution in [0.5, 0.6) is 0 Å². The molecule has 5 nitrogen and oxygen atoms in total. The van der Waals surface area contributed by atoms with Crippen molar-refractivity contribution in [1.82, 2.24) is 4.90 Å². The molecule has 23 heavy (non-hydrogen) atoms. The fraction of sp³-hybridized carbons (Fsp3) is 0.278. The summed E-state index contributed by atoms with van der Waals surface area (Å²) < 4.78 is 0. The van der Waals surface area contributed by atoms with Gasteiger partial charge in [0.2, 0.25) is 0 Å². The molecule has 2 aromatic rings. The minimum absolute atomic E-state index is 0.322. The van der Waals surface area contributed by atoms with Gasteiger partial charge in [-0.1, -0.05) is 42.4 Å². The highest BCUT2D eigenvalue weighted by Gasteiger charge is 2.37. The summed E-state index contributed by atoms with van der Waals surface area (Å²) in [5, 5.41) is 5.90. The molecule has 116 valence electrons. The van der Waals surface area contributed by atoms with E-state index >= 15 is 0 Å². The summed E-state index contributed by atoms with van der Waals surface area (Å²) in [4.78, 5) is 25.5. The largest absolute Gasteiger partial charge is 0.323 e. The SMILES string of the molecule is CCN1Cc2c(-c3ccccc3)cc3c(c2C1)NC(=O)C3N=O. The number of hydrogen-bond acceptors (Lipinski definition) is 4. The van der Waals surface area contributed by atoms with Crippen LogP contribution in [0.4, 0.5) is 5.69 Å². The van der Waals surface area contributed by atoms with E-state index < -0.39 is 6.04 Å². The van der Waals surface area contributed by atoms with Crippen molar-refractivity contribution < 1.29 is 4.79 Å². The first-order chi connectivity index (χ1) is 11.2. The van der Waals surface area contributed by atoms with Gasteiger partial charge in [-0.3, -0.25) is 9.69 Å². The van der Waals surface area contributed by atoms with Crippen molar-refractivity contribution in [2.75, 3.05) is 11.9 Å². The van der Waals surface area contributed by atoms with Crippen LogP contribution in [-0.2, 0) is 17.9 Å². The van der Waals surface area contributed by atoms with Crippen molar-refractivity contribution in [3.05, 3.63) is 58.0 Å². The first-order valence-electron chi connectivity index (χ1n) is 7.82. The molecule has 5 heteroatoms. The number of nitrogens with one attached hydrogen (secondary N) is 1. The Balaban J connectivity index is 1.95. The van der Waals surface area contributed by atoms with Gasteiger partial charge in [-0.25, -0.2) is 0 Å². The van der Waals surface area contributed by atoms with E-state index in [1.807, 2.05) is 24.3 Å². The van der Waals surface area contributed by atoms with Gasteiger partial charge in [0.25, 0.3) is 5.91 Å². The Morgan fingerprint density at radius 3 is 2.65 bits per heavy atom. The van der Waals surface area contributed by atoms with Crippen molar-refractivity contribution in [2.45, 2.75) is 26.1 Å². The molecular formula is C18H17N3O2. The second-order valence-corrected chi connectivity index (χ2v) is 6.01. The molecule has 1 atom stereocenters. The molecule has 2 aliphatic rings. The first kappa shape index (κ1) is 14.1. The predicted octanol–water partition coefficient (Wildman–Crippen LogP) is 3.45. The van der Waals surface area contributed by atoms with Crippen LogP contribution >= 0.6 is 0 Å². The van der Waals surface area contributed by atoms with Crippen molar-refractivity contribution in [3.63, 3.8) is 0 Å². The van der Waals surface area contributed by atoms with Gasteiger partial charge in [0.15, 0.2) is 6.04 Å². The molecule has 1 amide bonds. The van der Waals surface area contributed by atoms with E-state index in [4.69, 9.17) is 0 Å². The number of nitrogens with zero attached hydrogens (tertiary/aromatic N) is 2. The van der Waals surface area contributed by atoms with E-state index in [1.165, 1.54) is 5.56 Å². The van der Waals surface area contributed by atoms with E-state index in [1.54, 1.807) is 0 Å². The van der Waals surface area contributed by atoms with Crippen LogP contribution in [0.3, 0.4) is 0 Å². The summed E-state index contributed by atoms with van der Waals surface area (Å²) in [6, 6.07) is 11.1. The van der Waals surface area contributed by atoms with Gasteiger partial charge >= 0.3 is 0 Å². The van der Waals surface area contributed by atoms with Crippen LogP contribution in [-0.4, -0.2) is 17.4 Å². The highest BCUT2D eigenvalue weighted by Crippen LogP contribution is 2.45. The van der Waals surface area contributed by atoms with Crippen molar-refractivity contribution in [2.24, 2.45) is 5.18 Å². The molecule has 4 rings (SSSR count). The second kappa shape index (κ2) is 5.28. The molecule has 2 heterocycles. The zero-order chi connectivity index (χ0) is 16.0. The molecule has 0 aliphatic carbocycles. The molecular weight excluding hydrogens is 290 g/mol. The summed E-state index contributed by atoms with van der Waals surface area (Å²) in [5.41, 5.74) is 6.08. The lowest BCUT2D eigenvalue weighted by atomic mass is 9.92. The number of amides is 1. The number of anilines is 1. The van der Waals surface area contributed by atoms with Gasteiger partial charge < -0.3 is 5.32 Å². The standard InChI is InChI=1S/C18H17N3O2/c1-2-21-9-14-12(11-6-4-3-5-7-11)8-13-16(15(14)10-21)19-18(22)17(13)20-23/h3-8,17H,2,9-10H2,1H3,(H,19,22). The molecule has 0 bridgehead atoms. The number of fused-ring (bicyclic) bond motifs is 3. The molecule has 0 saturated carbocycles. The van der Waals surface area contributed by atoms with Crippen LogP contribution in [0.2, 0.25) is 0 Å². The average molecular weight is 307 g/mol. The summed E-state index contributed by atoms with van der Waals surface area (Å²) in [6.45, 7) is 4.72. The lowest BCUT2D eigenvalue weighted by Crippen LogP contribution is -2.15. The number of rotatable bonds is 3. The Morgan fingerprint density at radius 2 is 1.96 bits per heavy atom. The number of benzene rings is 2. The lowest BCUT2D eigenvalue weighted by molar-refractivity contribution is -0.116. The Hall–Kier alpha value is -2.53. The van der Waals surface area contributed by atoms with Crippen LogP contribution in [0.1, 0.15) is 29.7 Å². The number of nitroso groups, excluding NO2 is 1. The predicted molar refractivity (Wildman–Crippen MR) is 88.8 cm³/mol. The molecule has 1 unspecified atom stereocenters. The van der Waals surface area contributed by atoms with Crippen LogP contribution in [0.25, 0.3) is 11.1 Å². The summed E-state index contributed by atoms with van der Waals surface area (Å²) in [7, 11) is 0. The van der Waals surface area contributed by atoms with E-state index in [9.17, 15) is 9.70 Å². The minimum atomic E-state index is -0.937. The normalized spacial score (nSPS) is 19.3. The van der Waals surface area contributed by atoms with Gasteiger partial charge in [-0.2, -0.15) is 0 Å². The van der Waals surface area contributed by atoms with Crippen LogP contribution in [0, 0.1) is 4.91 Å². The fourth-order valence-corrected chi connectivity index (χ4v) is 3.56. The van der Waals surface area contributed by atoms with Gasteiger partial charge in [-0.15, -0.1) is 4.91 Å². The number of hydrogen-bond donors (Lipinski definition) is 1. The first-order valence-corrected chi connectivity index (χ1v) is 7.82. The molecule has 0 fully saturated rings. The van der Waals surface area contributed by atoms with Crippen molar-refractivity contribution >= 4 is 11.6 Å². The third kappa shape index (κ3) is 2.08. The van der Waals surface area contributed by atoms with Gasteiger partial charge in [0, 0.05) is 18.7 Å². The van der Waals surface area contributed by atoms with Crippen molar-refractivity contribution in [1.29, 1.82) is 0 Å². The maximum atomic E-state index is 12.0. The maximum Gasteiger partial charge on any atom is 0.257 e. The molecule has 2 aromatic carbocycles. The monoisotopic (exact) mass is 307 g/mol. The highest BCUT2D eigenvalue weighted by atomic mass is 16.3. The zero-order valence-electron chi connectivity index (χ0n) is 12.9. The van der Waals surface area contributed by atoms with Gasteiger partial charge in [0.05, 0.1) is 5.69 Å². The summed E-state index contributed by atoms with van der Waals surface area (Å²) in [6.07, 6.45) is 0. The second-order valence-electron chi connectivity index (χ2n) is 6.01. The minimum Gasteiger partial charge on any atom is -0.323 e. The van der Waals surface area contributed by atoms with Crippen molar-refractivity contribution in [3.8, 4) is 11.1 Å². The average Bonchev–Trinajstić information content (AvgIpc) is 3.14. The Kier molecular flexibility index (Phi) is 3.23. The summed E-state index contributed by atoms with van der Waals surface area (Å²) in [5.74, 6) is -0.322. The Morgan fingerprint density at radius 1 is 1.22 bits per heavy atom. The van der Waals surface area contributed by atoms with E-state index in [0.717, 1.165) is 42.0 Å². The molecule has 2 aliphatic heterocycles.